The Balaban J connectivity index is 2.05. The molecule has 4 N–H and O–H groups in total. The molecule has 98 valence electrons. The number of rotatable bonds is 2. The molecule has 0 fully saturated rings. The smallest absolute Gasteiger partial charge is 0.124 e. The van der Waals surface area contributed by atoms with Crippen molar-refractivity contribution in [2.45, 2.75) is 0 Å². The van der Waals surface area contributed by atoms with E-state index in [-0.39, 0.29) is 5.56 Å². The summed E-state index contributed by atoms with van der Waals surface area (Å²) in [4.78, 5) is 0. The van der Waals surface area contributed by atoms with Crippen molar-refractivity contribution in [1.82, 2.24) is 10.2 Å². The lowest BCUT2D eigenvalue weighted by atomic mass is 10.1. The summed E-state index contributed by atoms with van der Waals surface area (Å²) in [5, 5.41) is 19.7. The van der Waals surface area contributed by atoms with Crippen LogP contribution < -0.4 is 11.1 Å². The molecule has 2 aromatic carbocycles. The molecule has 5 nitrogen and oxygen atoms in total. The van der Waals surface area contributed by atoms with E-state index in [0.29, 0.717) is 17.1 Å². The number of aromatic nitrogens is 2. The third-order valence-corrected chi connectivity index (χ3v) is 2.98. The summed E-state index contributed by atoms with van der Waals surface area (Å²) in [6.45, 7) is 0. The highest BCUT2D eigenvalue weighted by molar-refractivity contribution is 5.90. The molecule has 0 bridgehead atoms. The SMILES string of the molecule is N#Cc1cc(F)ccc1Nc1cc2[nH]ncc2cc1N. The first-order valence-corrected chi connectivity index (χ1v) is 5.86. The predicted octanol–water partition coefficient (Wildman–Crippen LogP) is 2.90. The molecule has 0 aliphatic heterocycles. The van der Waals surface area contributed by atoms with Gasteiger partial charge >= 0.3 is 0 Å². The van der Waals surface area contributed by atoms with Crippen LogP contribution in [0.15, 0.2) is 36.5 Å². The molecule has 0 unspecified atom stereocenters. The number of fused-ring (bicyclic) bond motifs is 1. The average Bonchev–Trinajstić information content (AvgIpc) is 2.88. The Morgan fingerprint density at radius 2 is 2.10 bits per heavy atom. The standard InChI is InChI=1S/C14H10FN5/c15-10-1-2-12(8(3-10)6-16)19-14-5-13-9(4-11(14)17)7-18-20-13/h1-5,7,19H,17H2,(H,18,20). The zero-order chi connectivity index (χ0) is 14.1. The summed E-state index contributed by atoms with van der Waals surface area (Å²) in [5.41, 5.74) is 8.64. The molecule has 0 radical (unpaired) electrons. The lowest BCUT2D eigenvalue weighted by Gasteiger charge is -2.11. The van der Waals surface area contributed by atoms with Gasteiger partial charge in [0.05, 0.1) is 34.3 Å². The van der Waals surface area contributed by atoms with Crippen LogP contribution in [-0.2, 0) is 0 Å². The van der Waals surface area contributed by atoms with E-state index in [9.17, 15) is 4.39 Å². The fourth-order valence-corrected chi connectivity index (χ4v) is 1.98. The van der Waals surface area contributed by atoms with Gasteiger partial charge < -0.3 is 11.1 Å². The van der Waals surface area contributed by atoms with E-state index < -0.39 is 5.82 Å². The Bertz CT molecular complexity index is 831. The Hall–Kier alpha value is -3.07. The number of nitrogens with two attached hydrogens (primary N) is 1. The van der Waals surface area contributed by atoms with Gasteiger partial charge in [0.25, 0.3) is 0 Å². The molecule has 0 amide bonds. The normalized spacial score (nSPS) is 10.4. The van der Waals surface area contributed by atoms with Crippen molar-refractivity contribution in [1.29, 1.82) is 5.26 Å². The van der Waals surface area contributed by atoms with Crippen molar-refractivity contribution in [2.75, 3.05) is 11.1 Å². The minimum absolute atomic E-state index is 0.217. The first kappa shape index (κ1) is 12.0. The van der Waals surface area contributed by atoms with Crippen LogP contribution in [0.25, 0.3) is 10.9 Å². The van der Waals surface area contributed by atoms with Crippen LogP contribution in [0.1, 0.15) is 5.56 Å². The van der Waals surface area contributed by atoms with Gasteiger partial charge in [-0.3, -0.25) is 5.10 Å². The molecule has 0 saturated heterocycles. The van der Waals surface area contributed by atoms with Crippen molar-refractivity contribution in [3.05, 3.63) is 47.9 Å². The quantitative estimate of drug-likeness (QED) is 0.623. The highest BCUT2D eigenvalue weighted by atomic mass is 19.1. The Morgan fingerprint density at radius 1 is 1.25 bits per heavy atom. The van der Waals surface area contributed by atoms with E-state index >= 15 is 0 Å². The maximum Gasteiger partial charge on any atom is 0.124 e. The molecule has 0 aliphatic rings. The molecule has 0 atom stereocenters. The second-order valence-electron chi connectivity index (χ2n) is 4.32. The fraction of sp³-hybridized carbons (Fsp3) is 0. The monoisotopic (exact) mass is 267 g/mol. The molecule has 20 heavy (non-hydrogen) atoms. The van der Waals surface area contributed by atoms with Crippen molar-refractivity contribution >= 4 is 28.0 Å². The molecule has 1 heterocycles. The van der Waals surface area contributed by atoms with Crippen molar-refractivity contribution in [3.63, 3.8) is 0 Å². The second kappa shape index (κ2) is 4.55. The summed E-state index contributed by atoms with van der Waals surface area (Å²) in [6, 6.07) is 9.48. The Kier molecular flexibility index (Phi) is 2.73. The van der Waals surface area contributed by atoms with Gasteiger partial charge in [0.1, 0.15) is 11.9 Å². The summed E-state index contributed by atoms with van der Waals surface area (Å²) >= 11 is 0. The van der Waals surface area contributed by atoms with E-state index in [4.69, 9.17) is 11.0 Å². The number of nitrogens with one attached hydrogen (secondary N) is 2. The fourth-order valence-electron chi connectivity index (χ4n) is 1.98. The van der Waals surface area contributed by atoms with Crippen LogP contribution in [0.2, 0.25) is 0 Å². The van der Waals surface area contributed by atoms with Gasteiger partial charge in [0.2, 0.25) is 0 Å². The minimum atomic E-state index is -0.455. The number of H-pyrrole nitrogens is 1. The number of anilines is 3. The van der Waals surface area contributed by atoms with Crippen LogP contribution >= 0.6 is 0 Å². The first-order chi connectivity index (χ1) is 9.67. The van der Waals surface area contributed by atoms with Crippen LogP contribution in [0.3, 0.4) is 0 Å². The largest absolute Gasteiger partial charge is 0.397 e. The maximum atomic E-state index is 13.1. The molecule has 0 spiro atoms. The molecule has 3 aromatic rings. The molecule has 0 aliphatic carbocycles. The van der Waals surface area contributed by atoms with Crippen molar-refractivity contribution < 1.29 is 4.39 Å². The molecule has 0 saturated carbocycles. The summed E-state index contributed by atoms with van der Waals surface area (Å²) in [5.74, 6) is -0.455. The number of nitrogen functional groups attached to an aromatic ring is 1. The first-order valence-electron chi connectivity index (χ1n) is 5.86. The summed E-state index contributed by atoms with van der Waals surface area (Å²) in [7, 11) is 0. The molecule has 3 rings (SSSR count). The molecular formula is C14H10FN5. The lowest BCUT2D eigenvalue weighted by molar-refractivity contribution is 0.627. The lowest BCUT2D eigenvalue weighted by Crippen LogP contribution is -1.98. The van der Waals surface area contributed by atoms with E-state index in [1.807, 2.05) is 6.07 Å². The number of halogens is 1. The van der Waals surface area contributed by atoms with Gasteiger partial charge in [-0.15, -0.1) is 0 Å². The number of hydrogen-bond donors (Lipinski definition) is 3. The Morgan fingerprint density at radius 3 is 2.90 bits per heavy atom. The van der Waals surface area contributed by atoms with Crippen LogP contribution in [0.4, 0.5) is 21.5 Å². The molecular weight excluding hydrogens is 257 g/mol. The van der Waals surface area contributed by atoms with Crippen molar-refractivity contribution in [2.24, 2.45) is 0 Å². The maximum absolute atomic E-state index is 13.1. The zero-order valence-electron chi connectivity index (χ0n) is 10.3. The van der Waals surface area contributed by atoms with Gasteiger partial charge in [0.15, 0.2) is 0 Å². The highest BCUT2D eigenvalue weighted by Crippen LogP contribution is 2.29. The van der Waals surface area contributed by atoms with Crippen LogP contribution in [0, 0.1) is 17.1 Å². The van der Waals surface area contributed by atoms with E-state index in [0.717, 1.165) is 10.9 Å². The van der Waals surface area contributed by atoms with Crippen LogP contribution in [-0.4, -0.2) is 10.2 Å². The number of benzene rings is 2. The van der Waals surface area contributed by atoms with Crippen molar-refractivity contribution in [3.8, 4) is 6.07 Å². The summed E-state index contributed by atoms with van der Waals surface area (Å²) in [6.07, 6.45) is 1.67. The third-order valence-electron chi connectivity index (χ3n) is 2.98. The predicted molar refractivity (Wildman–Crippen MR) is 74.9 cm³/mol. The summed E-state index contributed by atoms with van der Waals surface area (Å²) < 4.78 is 13.1. The third kappa shape index (κ3) is 2.01. The zero-order valence-corrected chi connectivity index (χ0v) is 10.3. The Labute approximate surface area is 113 Å². The number of nitriles is 1. The minimum Gasteiger partial charge on any atom is -0.397 e. The van der Waals surface area contributed by atoms with E-state index in [1.165, 1.54) is 18.2 Å². The number of nitrogens with zero attached hydrogens (tertiary/aromatic N) is 2. The van der Waals surface area contributed by atoms with Gasteiger partial charge in [-0.25, -0.2) is 4.39 Å². The van der Waals surface area contributed by atoms with Gasteiger partial charge in [-0.05, 0) is 30.3 Å². The van der Waals surface area contributed by atoms with Gasteiger partial charge in [0, 0.05) is 5.39 Å². The number of hydrogen-bond acceptors (Lipinski definition) is 4. The number of aromatic amines is 1. The molecule has 6 heteroatoms. The van der Waals surface area contributed by atoms with Gasteiger partial charge in [-0.2, -0.15) is 10.4 Å². The second-order valence-corrected chi connectivity index (χ2v) is 4.32. The topological polar surface area (TPSA) is 90.5 Å². The van der Waals surface area contributed by atoms with Crippen LogP contribution in [0.5, 0.6) is 0 Å². The van der Waals surface area contributed by atoms with E-state index in [1.54, 1.807) is 18.3 Å². The highest BCUT2D eigenvalue weighted by Gasteiger charge is 2.08. The van der Waals surface area contributed by atoms with E-state index in [2.05, 4.69) is 15.5 Å². The average molecular weight is 267 g/mol. The van der Waals surface area contributed by atoms with Gasteiger partial charge in [-0.1, -0.05) is 0 Å². The molecule has 1 aromatic heterocycles.